The Hall–Kier alpha value is -2.63. The molecular formula is C15H13F2N3O. The summed E-state index contributed by atoms with van der Waals surface area (Å²) in [5.41, 5.74) is 6.95. The summed E-state index contributed by atoms with van der Waals surface area (Å²) in [6.07, 6.45) is -0.499. The van der Waals surface area contributed by atoms with Crippen molar-refractivity contribution in [3.63, 3.8) is 0 Å². The Labute approximate surface area is 119 Å². The Bertz CT molecular complexity index is 780. The second kappa shape index (κ2) is 5.05. The number of ether oxygens (including phenoxy) is 1. The third kappa shape index (κ3) is 2.65. The zero-order valence-corrected chi connectivity index (χ0v) is 11.2. The summed E-state index contributed by atoms with van der Waals surface area (Å²) in [6, 6.07) is 8.59. The van der Waals surface area contributed by atoms with Gasteiger partial charge in [-0.25, -0.2) is 8.78 Å². The van der Waals surface area contributed by atoms with Crippen molar-refractivity contribution < 1.29 is 13.5 Å². The summed E-state index contributed by atoms with van der Waals surface area (Å²) in [6.45, 7) is 1.72. The van der Waals surface area contributed by atoms with Gasteiger partial charge in [0.25, 0.3) is 0 Å². The van der Waals surface area contributed by atoms with Crippen LogP contribution in [0.15, 0.2) is 36.4 Å². The zero-order chi connectivity index (χ0) is 15.0. The molecule has 1 aromatic heterocycles. The van der Waals surface area contributed by atoms with Gasteiger partial charge in [-0.05, 0) is 42.8 Å². The molecule has 0 aliphatic heterocycles. The van der Waals surface area contributed by atoms with Gasteiger partial charge in [0.15, 0.2) is 5.82 Å². The molecule has 0 saturated heterocycles. The maximum absolute atomic E-state index is 13.2. The highest BCUT2D eigenvalue weighted by Gasteiger charge is 2.12. The van der Waals surface area contributed by atoms with Gasteiger partial charge in [0, 0.05) is 11.5 Å². The summed E-state index contributed by atoms with van der Waals surface area (Å²) < 4.78 is 32.2. The van der Waals surface area contributed by atoms with Crippen LogP contribution < -0.4 is 10.5 Å². The van der Waals surface area contributed by atoms with Crippen molar-refractivity contribution in [1.29, 1.82) is 0 Å². The van der Waals surface area contributed by atoms with E-state index in [4.69, 9.17) is 10.5 Å². The number of aromatic nitrogens is 2. The lowest BCUT2D eigenvalue weighted by atomic mass is 10.1. The molecule has 1 atom stereocenters. The molecule has 108 valence electrons. The molecule has 6 heteroatoms. The van der Waals surface area contributed by atoms with Crippen LogP contribution in [0.3, 0.4) is 0 Å². The van der Waals surface area contributed by atoms with Gasteiger partial charge >= 0.3 is 0 Å². The lowest BCUT2D eigenvalue weighted by Crippen LogP contribution is -2.04. The molecule has 1 unspecified atom stereocenters. The average Bonchev–Trinajstić information content (AvgIpc) is 2.79. The van der Waals surface area contributed by atoms with Crippen molar-refractivity contribution in [2.45, 2.75) is 13.0 Å². The van der Waals surface area contributed by atoms with Crippen molar-refractivity contribution in [3.8, 4) is 5.75 Å². The van der Waals surface area contributed by atoms with Crippen molar-refractivity contribution >= 4 is 16.7 Å². The molecule has 0 aliphatic carbocycles. The fourth-order valence-corrected chi connectivity index (χ4v) is 2.17. The minimum Gasteiger partial charge on any atom is -0.486 e. The van der Waals surface area contributed by atoms with E-state index in [0.29, 0.717) is 17.1 Å². The van der Waals surface area contributed by atoms with Crippen LogP contribution in [-0.4, -0.2) is 10.2 Å². The number of anilines is 1. The van der Waals surface area contributed by atoms with E-state index in [0.717, 1.165) is 17.0 Å². The van der Waals surface area contributed by atoms with Crippen LogP contribution in [0.1, 0.15) is 18.6 Å². The Kier molecular flexibility index (Phi) is 3.21. The van der Waals surface area contributed by atoms with Gasteiger partial charge in [0.1, 0.15) is 23.5 Å². The molecule has 2 aromatic carbocycles. The number of H-pyrrole nitrogens is 1. The van der Waals surface area contributed by atoms with Crippen LogP contribution in [0.25, 0.3) is 10.9 Å². The summed E-state index contributed by atoms with van der Waals surface area (Å²) in [4.78, 5) is 0. The number of fused-ring (bicyclic) bond motifs is 1. The molecule has 0 saturated carbocycles. The van der Waals surface area contributed by atoms with Gasteiger partial charge in [0.05, 0.1) is 5.52 Å². The predicted molar refractivity (Wildman–Crippen MR) is 75.9 cm³/mol. The third-order valence-electron chi connectivity index (χ3n) is 3.23. The molecule has 21 heavy (non-hydrogen) atoms. The fourth-order valence-electron chi connectivity index (χ4n) is 2.17. The molecular weight excluding hydrogens is 276 g/mol. The van der Waals surface area contributed by atoms with Crippen LogP contribution in [0.2, 0.25) is 0 Å². The van der Waals surface area contributed by atoms with Crippen LogP contribution in [0, 0.1) is 11.6 Å². The smallest absolute Gasteiger partial charge is 0.153 e. The number of nitrogens with zero attached hydrogens (tertiary/aromatic N) is 1. The molecule has 0 amide bonds. The summed E-state index contributed by atoms with van der Waals surface area (Å²) >= 11 is 0. The maximum atomic E-state index is 13.2. The highest BCUT2D eigenvalue weighted by Crippen LogP contribution is 2.27. The SMILES string of the molecule is CC(Oc1ccc2[nH]nc(N)c2c1)c1cc(F)cc(F)c1. The van der Waals surface area contributed by atoms with Gasteiger partial charge < -0.3 is 10.5 Å². The quantitative estimate of drug-likeness (QED) is 0.774. The molecule has 0 fully saturated rings. The van der Waals surface area contributed by atoms with Gasteiger partial charge in [-0.1, -0.05) is 0 Å². The lowest BCUT2D eigenvalue weighted by Gasteiger charge is -2.15. The second-order valence-corrected chi connectivity index (χ2v) is 4.78. The molecule has 1 heterocycles. The molecule has 0 aliphatic rings. The fraction of sp³-hybridized carbons (Fsp3) is 0.133. The Morgan fingerprint density at radius 1 is 1.14 bits per heavy atom. The molecule has 3 N–H and O–H groups in total. The number of nitrogen functional groups attached to an aromatic ring is 1. The Morgan fingerprint density at radius 2 is 1.86 bits per heavy atom. The van der Waals surface area contributed by atoms with Crippen LogP contribution in [0.5, 0.6) is 5.75 Å². The zero-order valence-electron chi connectivity index (χ0n) is 11.2. The van der Waals surface area contributed by atoms with Crippen molar-refractivity contribution in [1.82, 2.24) is 10.2 Å². The number of benzene rings is 2. The van der Waals surface area contributed by atoms with Gasteiger partial charge in [0.2, 0.25) is 0 Å². The number of rotatable bonds is 3. The van der Waals surface area contributed by atoms with Crippen molar-refractivity contribution in [2.24, 2.45) is 0 Å². The summed E-state index contributed by atoms with van der Waals surface area (Å²) in [5, 5.41) is 7.42. The minimum atomic E-state index is -0.630. The molecule has 3 rings (SSSR count). The number of hydrogen-bond acceptors (Lipinski definition) is 3. The number of halogens is 2. The van der Waals surface area contributed by atoms with Crippen LogP contribution in [0.4, 0.5) is 14.6 Å². The molecule has 0 bridgehead atoms. The maximum Gasteiger partial charge on any atom is 0.153 e. The van der Waals surface area contributed by atoms with Gasteiger partial charge in [-0.2, -0.15) is 5.10 Å². The van der Waals surface area contributed by atoms with E-state index < -0.39 is 17.7 Å². The minimum absolute atomic E-state index is 0.375. The molecule has 0 spiro atoms. The lowest BCUT2D eigenvalue weighted by molar-refractivity contribution is 0.226. The van der Waals surface area contributed by atoms with Crippen LogP contribution >= 0.6 is 0 Å². The Morgan fingerprint density at radius 3 is 2.57 bits per heavy atom. The molecule has 3 aromatic rings. The monoisotopic (exact) mass is 289 g/mol. The van der Waals surface area contributed by atoms with E-state index in [9.17, 15) is 8.78 Å². The number of aromatic amines is 1. The first-order valence-corrected chi connectivity index (χ1v) is 6.39. The summed E-state index contributed by atoms with van der Waals surface area (Å²) in [5.74, 6) is -0.336. The molecule has 4 nitrogen and oxygen atoms in total. The van der Waals surface area contributed by atoms with Crippen molar-refractivity contribution in [2.75, 3.05) is 5.73 Å². The average molecular weight is 289 g/mol. The highest BCUT2D eigenvalue weighted by atomic mass is 19.1. The first kappa shape index (κ1) is 13.4. The van der Waals surface area contributed by atoms with E-state index >= 15 is 0 Å². The van der Waals surface area contributed by atoms with E-state index in [1.54, 1.807) is 25.1 Å². The first-order chi connectivity index (χ1) is 10.0. The largest absolute Gasteiger partial charge is 0.486 e. The molecule has 0 radical (unpaired) electrons. The van der Waals surface area contributed by atoms with Crippen molar-refractivity contribution in [3.05, 3.63) is 53.6 Å². The summed E-state index contributed by atoms with van der Waals surface area (Å²) in [7, 11) is 0. The van der Waals surface area contributed by atoms with Crippen LogP contribution in [-0.2, 0) is 0 Å². The Balaban J connectivity index is 1.88. The van der Waals surface area contributed by atoms with E-state index in [1.807, 2.05) is 0 Å². The highest BCUT2D eigenvalue weighted by molar-refractivity contribution is 5.89. The second-order valence-electron chi connectivity index (χ2n) is 4.78. The predicted octanol–water partition coefficient (Wildman–Crippen LogP) is 3.56. The number of nitrogens with two attached hydrogens (primary N) is 1. The normalized spacial score (nSPS) is 12.5. The third-order valence-corrected chi connectivity index (χ3v) is 3.23. The van der Waals surface area contributed by atoms with E-state index in [-0.39, 0.29) is 0 Å². The van der Waals surface area contributed by atoms with E-state index in [2.05, 4.69) is 10.2 Å². The number of nitrogens with one attached hydrogen (secondary N) is 1. The first-order valence-electron chi connectivity index (χ1n) is 6.39. The topological polar surface area (TPSA) is 63.9 Å². The number of hydrogen-bond donors (Lipinski definition) is 2. The standard InChI is InChI=1S/C15H13F2N3O/c1-8(9-4-10(16)6-11(17)5-9)21-12-2-3-14-13(7-12)15(18)20-19-14/h2-8H,1H3,(H3,18,19,20). The van der Waals surface area contributed by atoms with E-state index in [1.165, 1.54) is 12.1 Å². The van der Waals surface area contributed by atoms with Gasteiger partial charge in [-0.3, -0.25) is 5.10 Å². The van der Waals surface area contributed by atoms with Gasteiger partial charge in [-0.15, -0.1) is 0 Å².